The van der Waals surface area contributed by atoms with E-state index in [2.05, 4.69) is 10.2 Å². The van der Waals surface area contributed by atoms with Gasteiger partial charge in [0.05, 0.1) is 5.56 Å². The molecule has 0 radical (unpaired) electrons. The Hall–Kier alpha value is -1.56. The van der Waals surface area contributed by atoms with Gasteiger partial charge in [-0.25, -0.2) is 0 Å². The summed E-state index contributed by atoms with van der Waals surface area (Å²) >= 11 is 0. The third kappa shape index (κ3) is 6.22. The largest absolute Gasteiger partial charge is 0.416 e. The number of carbonyl (C=O) groups excluding carboxylic acids is 1. The number of nitrogens with one attached hydrogen (secondary N) is 1. The molecular weight excluding hydrogens is 305 g/mol. The highest BCUT2D eigenvalue weighted by Crippen LogP contribution is 2.29. The minimum Gasteiger partial charge on any atom is -0.326 e. The van der Waals surface area contributed by atoms with E-state index in [0.717, 1.165) is 44.6 Å². The van der Waals surface area contributed by atoms with Gasteiger partial charge in [-0.05, 0) is 69.6 Å². The average molecular weight is 328 g/mol. The first-order valence-corrected chi connectivity index (χ1v) is 8.14. The molecule has 0 aromatic heterocycles. The summed E-state index contributed by atoms with van der Waals surface area (Å²) in [4.78, 5) is 14.2. The van der Waals surface area contributed by atoms with Crippen molar-refractivity contribution in [1.29, 1.82) is 0 Å². The van der Waals surface area contributed by atoms with Gasteiger partial charge in [0, 0.05) is 12.1 Å². The Morgan fingerprint density at radius 2 is 1.70 bits per heavy atom. The Morgan fingerprint density at radius 3 is 2.30 bits per heavy atom. The van der Waals surface area contributed by atoms with Crippen LogP contribution in [0.25, 0.3) is 0 Å². The summed E-state index contributed by atoms with van der Waals surface area (Å²) < 4.78 is 37.3. The zero-order chi connectivity index (χ0) is 16.7. The molecule has 1 amide bonds. The molecule has 0 bridgehead atoms. The van der Waals surface area contributed by atoms with Gasteiger partial charge in [-0.3, -0.25) is 4.79 Å². The Morgan fingerprint density at radius 1 is 1.04 bits per heavy atom. The summed E-state index contributed by atoms with van der Waals surface area (Å²) in [6.45, 7) is 3.32. The van der Waals surface area contributed by atoms with Gasteiger partial charge >= 0.3 is 6.18 Å². The lowest BCUT2D eigenvalue weighted by atomic mass is 10.1. The molecule has 1 aliphatic rings. The molecule has 1 aromatic rings. The second-order valence-electron chi connectivity index (χ2n) is 5.98. The number of hydrogen-bond donors (Lipinski definition) is 1. The zero-order valence-corrected chi connectivity index (χ0v) is 13.2. The number of amides is 1. The van der Waals surface area contributed by atoms with Crippen molar-refractivity contribution in [2.45, 2.75) is 44.7 Å². The number of piperidine rings is 1. The first-order valence-electron chi connectivity index (χ1n) is 8.14. The highest BCUT2D eigenvalue weighted by molar-refractivity contribution is 5.90. The molecule has 0 saturated carbocycles. The van der Waals surface area contributed by atoms with Gasteiger partial charge in [0.1, 0.15) is 0 Å². The molecule has 1 heterocycles. The van der Waals surface area contributed by atoms with Crippen molar-refractivity contribution in [3.05, 3.63) is 29.8 Å². The Kier molecular flexibility index (Phi) is 6.45. The van der Waals surface area contributed by atoms with E-state index in [1.54, 1.807) is 0 Å². The number of anilines is 1. The van der Waals surface area contributed by atoms with E-state index in [9.17, 15) is 18.0 Å². The quantitative estimate of drug-likeness (QED) is 0.790. The monoisotopic (exact) mass is 328 g/mol. The predicted octanol–water partition coefficient (Wildman–Crippen LogP) is 4.30. The fourth-order valence-electron chi connectivity index (χ4n) is 2.77. The second kappa shape index (κ2) is 8.34. The number of alkyl halides is 3. The van der Waals surface area contributed by atoms with Gasteiger partial charge < -0.3 is 10.2 Å². The van der Waals surface area contributed by atoms with Gasteiger partial charge in [0.15, 0.2) is 0 Å². The standard InChI is InChI=1S/C17H23F3N2O/c18-17(19,20)14-7-9-15(10-8-14)21-16(23)6-2-5-13-22-11-3-1-4-12-22/h7-10H,1-6,11-13H2,(H,21,23). The maximum absolute atomic E-state index is 12.4. The molecule has 0 aliphatic carbocycles. The molecule has 6 heteroatoms. The van der Waals surface area contributed by atoms with Crippen molar-refractivity contribution >= 4 is 11.6 Å². The zero-order valence-electron chi connectivity index (χ0n) is 13.2. The van der Waals surface area contributed by atoms with E-state index >= 15 is 0 Å². The number of hydrogen-bond acceptors (Lipinski definition) is 2. The first-order chi connectivity index (χ1) is 10.9. The summed E-state index contributed by atoms with van der Waals surface area (Å²) in [5.74, 6) is -0.150. The van der Waals surface area contributed by atoms with Crippen LogP contribution < -0.4 is 5.32 Å². The summed E-state index contributed by atoms with van der Waals surface area (Å²) in [5, 5.41) is 2.64. The number of benzene rings is 1. The second-order valence-corrected chi connectivity index (χ2v) is 5.98. The van der Waals surface area contributed by atoms with Crippen LogP contribution in [0.15, 0.2) is 24.3 Å². The van der Waals surface area contributed by atoms with E-state index in [4.69, 9.17) is 0 Å². The fraction of sp³-hybridized carbons (Fsp3) is 0.588. The van der Waals surface area contributed by atoms with Crippen LogP contribution >= 0.6 is 0 Å². The molecule has 0 atom stereocenters. The van der Waals surface area contributed by atoms with E-state index in [-0.39, 0.29) is 5.91 Å². The van der Waals surface area contributed by atoms with Gasteiger partial charge in [-0.2, -0.15) is 13.2 Å². The van der Waals surface area contributed by atoms with Gasteiger partial charge in [0.2, 0.25) is 5.91 Å². The molecule has 23 heavy (non-hydrogen) atoms. The van der Waals surface area contributed by atoms with Crippen LogP contribution in [-0.2, 0) is 11.0 Å². The molecule has 1 fully saturated rings. The molecule has 3 nitrogen and oxygen atoms in total. The van der Waals surface area contributed by atoms with Crippen LogP contribution in [0.2, 0.25) is 0 Å². The number of unbranched alkanes of at least 4 members (excludes halogenated alkanes) is 1. The molecule has 128 valence electrons. The number of likely N-dealkylation sites (tertiary alicyclic amines) is 1. The van der Waals surface area contributed by atoms with Crippen LogP contribution in [0.4, 0.5) is 18.9 Å². The molecule has 1 N–H and O–H groups in total. The highest BCUT2D eigenvalue weighted by atomic mass is 19.4. The third-order valence-electron chi connectivity index (χ3n) is 4.07. The number of carbonyl (C=O) groups is 1. The summed E-state index contributed by atoms with van der Waals surface area (Å²) in [7, 11) is 0. The van der Waals surface area contributed by atoms with Crippen molar-refractivity contribution in [2.75, 3.05) is 25.0 Å². The summed E-state index contributed by atoms with van der Waals surface area (Å²) in [6.07, 6.45) is 1.64. The van der Waals surface area contributed by atoms with Crippen molar-refractivity contribution in [3.8, 4) is 0 Å². The fourth-order valence-corrected chi connectivity index (χ4v) is 2.77. The van der Waals surface area contributed by atoms with Crippen LogP contribution in [0.5, 0.6) is 0 Å². The minimum atomic E-state index is -4.35. The molecule has 1 aliphatic heterocycles. The maximum atomic E-state index is 12.4. The van der Waals surface area contributed by atoms with Gasteiger partial charge in [-0.15, -0.1) is 0 Å². The summed E-state index contributed by atoms with van der Waals surface area (Å²) in [6, 6.07) is 4.53. The lowest BCUT2D eigenvalue weighted by molar-refractivity contribution is -0.137. The minimum absolute atomic E-state index is 0.150. The highest BCUT2D eigenvalue weighted by Gasteiger charge is 2.29. The maximum Gasteiger partial charge on any atom is 0.416 e. The van der Waals surface area contributed by atoms with Crippen molar-refractivity contribution in [3.63, 3.8) is 0 Å². The van der Waals surface area contributed by atoms with Crippen molar-refractivity contribution in [1.82, 2.24) is 4.90 Å². The molecular formula is C17H23F3N2O. The van der Waals surface area contributed by atoms with Gasteiger partial charge in [0.25, 0.3) is 0 Å². The molecule has 1 saturated heterocycles. The Labute approximate surface area is 134 Å². The predicted molar refractivity (Wildman–Crippen MR) is 84.2 cm³/mol. The van der Waals surface area contributed by atoms with E-state index in [1.165, 1.54) is 31.4 Å². The average Bonchev–Trinajstić information content (AvgIpc) is 2.52. The lowest BCUT2D eigenvalue weighted by Crippen LogP contribution is -2.30. The smallest absolute Gasteiger partial charge is 0.326 e. The van der Waals surface area contributed by atoms with Gasteiger partial charge in [-0.1, -0.05) is 6.42 Å². The molecule has 0 spiro atoms. The first kappa shape index (κ1) is 17.8. The van der Waals surface area contributed by atoms with Crippen LogP contribution in [0.1, 0.15) is 44.1 Å². The van der Waals surface area contributed by atoms with Crippen molar-refractivity contribution in [2.24, 2.45) is 0 Å². The molecule has 1 aromatic carbocycles. The normalized spacial score (nSPS) is 16.3. The number of halogens is 3. The Balaban J connectivity index is 1.66. The topological polar surface area (TPSA) is 32.3 Å². The van der Waals surface area contributed by atoms with Crippen LogP contribution in [-0.4, -0.2) is 30.4 Å². The SMILES string of the molecule is O=C(CCCCN1CCCCC1)Nc1ccc(C(F)(F)F)cc1. The van der Waals surface area contributed by atoms with Crippen LogP contribution in [0.3, 0.4) is 0 Å². The summed E-state index contributed by atoms with van der Waals surface area (Å²) in [5.41, 5.74) is -0.309. The van der Waals surface area contributed by atoms with Crippen LogP contribution in [0, 0.1) is 0 Å². The number of nitrogens with zero attached hydrogens (tertiary/aromatic N) is 1. The molecule has 0 unspecified atom stereocenters. The lowest BCUT2D eigenvalue weighted by Gasteiger charge is -2.26. The number of rotatable bonds is 6. The van der Waals surface area contributed by atoms with E-state index in [0.29, 0.717) is 12.1 Å². The van der Waals surface area contributed by atoms with E-state index < -0.39 is 11.7 Å². The van der Waals surface area contributed by atoms with Crippen molar-refractivity contribution < 1.29 is 18.0 Å². The molecule has 2 rings (SSSR count). The van der Waals surface area contributed by atoms with E-state index in [1.807, 2.05) is 0 Å². The Bertz CT molecular complexity index is 494. The third-order valence-corrected chi connectivity index (χ3v) is 4.07.